The highest BCUT2D eigenvalue weighted by Gasteiger charge is 2.08. The summed E-state index contributed by atoms with van der Waals surface area (Å²) >= 11 is 0. The lowest BCUT2D eigenvalue weighted by Crippen LogP contribution is -2.02. The number of benzene rings is 2. The van der Waals surface area contributed by atoms with Crippen molar-refractivity contribution < 1.29 is 4.21 Å². The van der Waals surface area contributed by atoms with Gasteiger partial charge in [0.05, 0.1) is 11.2 Å². The van der Waals surface area contributed by atoms with Gasteiger partial charge in [0.15, 0.2) is 0 Å². The van der Waals surface area contributed by atoms with E-state index in [9.17, 15) is 4.21 Å². The van der Waals surface area contributed by atoms with Crippen molar-refractivity contribution >= 4 is 27.6 Å². The molecule has 0 amide bonds. The van der Waals surface area contributed by atoms with Crippen LogP contribution in [-0.2, 0) is 11.0 Å². The second kappa shape index (κ2) is 5.43. The third-order valence-corrected chi connectivity index (χ3v) is 3.62. The number of anilines is 1. The fraction of sp³-hybridized carbons (Fsp3) is 0.0625. The smallest absolute Gasteiger partial charge is 0.114 e. The molecule has 0 aliphatic rings. The molecule has 100 valence electrons. The number of rotatable bonds is 3. The predicted molar refractivity (Wildman–Crippen MR) is 84.9 cm³/mol. The van der Waals surface area contributed by atoms with E-state index in [2.05, 4.69) is 21.8 Å². The third kappa shape index (κ3) is 2.42. The zero-order chi connectivity index (χ0) is 13.9. The second-order valence-corrected chi connectivity index (χ2v) is 5.59. The van der Waals surface area contributed by atoms with Crippen LogP contribution in [0.5, 0.6) is 0 Å². The van der Waals surface area contributed by atoms with E-state index in [0.29, 0.717) is 0 Å². The van der Waals surface area contributed by atoms with Crippen LogP contribution in [0.25, 0.3) is 22.0 Å². The molecule has 3 aromatic rings. The number of hydrogen-bond acceptors (Lipinski definition) is 2. The summed E-state index contributed by atoms with van der Waals surface area (Å²) in [5.74, 6) is 0. The van der Waals surface area contributed by atoms with Crippen molar-refractivity contribution in [3.63, 3.8) is 0 Å². The molecule has 2 aromatic carbocycles. The quantitative estimate of drug-likeness (QED) is 0.797. The fourth-order valence-electron chi connectivity index (χ4n) is 2.28. The van der Waals surface area contributed by atoms with Gasteiger partial charge in [-0.1, -0.05) is 42.5 Å². The van der Waals surface area contributed by atoms with E-state index in [1.807, 2.05) is 42.5 Å². The molecule has 0 aliphatic carbocycles. The van der Waals surface area contributed by atoms with Gasteiger partial charge in [0.25, 0.3) is 0 Å². The average molecular weight is 282 g/mol. The Morgan fingerprint density at radius 3 is 2.55 bits per heavy atom. The number of fused-ring (bicyclic) bond motifs is 1. The standard InChI is InChI=1S/C16H14N2OS/c1-20(19)18-15-10-9-13(12-6-3-2-4-7-12)14-8-5-11-17-16(14)15/h2-11,18H,1H3. The van der Waals surface area contributed by atoms with Gasteiger partial charge in [0, 0.05) is 17.8 Å². The van der Waals surface area contributed by atoms with Gasteiger partial charge in [-0.3, -0.25) is 4.98 Å². The Kier molecular flexibility index (Phi) is 3.48. The molecule has 0 spiro atoms. The molecule has 1 atom stereocenters. The highest BCUT2D eigenvalue weighted by Crippen LogP contribution is 2.31. The molecule has 0 bridgehead atoms. The van der Waals surface area contributed by atoms with E-state index in [0.717, 1.165) is 27.7 Å². The zero-order valence-corrected chi connectivity index (χ0v) is 11.9. The minimum Gasteiger partial charge on any atom is -0.303 e. The molecule has 0 saturated heterocycles. The van der Waals surface area contributed by atoms with Crippen molar-refractivity contribution in [3.05, 3.63) is 60.8 Å². The number of hydrogen-bond donors (Lipinski definition) is 1. The molecular weight excluding hydrogens is 268 g/mol. The van der Waals surface area contributed by atoms with Gasteiger partial charge in [-0.25, -0.2) is 4.21 Å². The Hall–Kier alpha value is -2.20. The van der Waals surface area contributed by atoms with Gasteiger partial charge < -0.3 is 4.72 Å². The van der Waals surface area contributed by atoms with E-state index in [4.69, 9.17) is 0 Å². The van der Waals surface area contributed by atoms with Crippen molar-refractivity contribution in [1.82, 2.24) is 4.98 Å². The van der Waals surface area contributed by atoms with Crippen LogP contribution < -0.4 is 4.72 Å². The number of aromatic nitrogens is 1. The van der Waals surface area contributed by atoms with Gasteiger partial charge >= 0.3 is 0 Å². The lowest BCUT2D eigenvalue weighted by atomic mass is 10.00. The van der Waals surface area contributed by atoms with Crippen molar-refractivity contribution in [2.45, 2.75) is 0 Å². The van der Waals surface area contributed by atoms with Crippen LogP contribution in [0.2, 0.25) is 0 Å². The van der Waals surface area contributed by atoms with E-state index in [1.54, 1.807) is 12.5 Å². The Bertz CT molecular complexity index is 772. The lowest BCUT2D eigenvalue weighted by Gasteiger charge is -2.11. The first-order valence-electron chi connectivity index (χ1n) is 6.29. The fourth-order valence-corrected chi connectivity index (χ4v) is 2.75. The molecule has 0 saturated carbocycles. The Balaban J connectivity index is 2.24. The highest BCUT2D eigenvalue weighted by atomic mass is 32.2. The molecule has 3 rings (SSSR count). The highest BCUT2D eigenvalue weighted by molar-refractivity contribution is 7.85. The summed E-state index contributed by atoms with van der Waals surface area (Å²) in [6.45, 7) is 0. The van der Waals surface area contributed by atoms with Crippen molar-refractivity contribution in [2.24, 2.45) is 0 Å². The van der Waals surface area contributed by atoms with Gasteiger partial charge in [-0.05, 0) is 23.3 Å². The monoisotopic (exact) mass is 282 g/mol. The maximum absolute atomic E-state index is 11.4. The molecule has 1 heterocycles. The molecule has 0 radical (unpaired) electrons. The normalized spacial score (nSPS) is 12.2. The lowest BCUT2D eigenvalue weighted by molar-refractivity contribution is 0.690. The minimum absolute atomic E-state index is 0.793. The summed E-state index contributed by atoms with van der Waals surface area (Å²) in [6, 6.07) is 18.1. The Morgan fingerprint density at radius 2 is 1.80 bits per heavy atom. The summed E-state index contributed by atoms with van der Waals surface area (Å²) in [7, 11) is -1.11. The predicted octanol–water partition coefficient (Wildman–Crippen LogP) is 3.61. The minimum atomic E-state index is -1.11. The summed E-state index contributed by atoms with van der Waals surface area (Å²) in [6.07, 6.45) is 3.36. The molecule has 0 fully saturated rings. The molecule has 1 unspecified atom stereocenters. The summed E-state index contributed by atoms with van der Waals surface area (Å²) in [5, 5.41) is 1.05. The van der Waals surface area contributed by atoms with Crippen LogP contribution in [0.15, 0.2) is 60.8 Å². The van der Waals surface area contributed by atoms with Crippen molar-refractivity contribution in [1.29, 1.82) is 0 Å². The topological polar surface area (TPSA) is 42.0 Å². The maximum Gasteiger partial charge on any atom is 0.114 e. The Morgan fingerprint density at radius 1 is 1.00 bits per heavy atom. The van der Waals surface area contributed by atoms with E-state index < -0.39 is 11.0 Å². The molecule has 20 heavy (non-hydrogen) atoms. The van der Waals surface area contributed by atoms with Crippen LogP contribution >= 0.6 is 0 Å². The van der Waals surface area contributed by atoms with E-state index in [1.165, 1.54) is 0 Å². The SMILES string of the molecule is CS(=O)Nc1ccc(-c2ccccc2)c2cccnc12. The van der Waals surface area contributed by atoms with Crippen LogP contribution in [0, 0.1) is 0 Å². The number of nitrogens with one attached hydrogen (secondary N) is 1. The van der Waals surface area contributed by atoms with E-state index >= 15 is 0 Å². The van der Waals surface area contributed by atoms with Gasteiger partial charge in [0.1, 0.15) is 11.0 Å². The van der Waals surface area contributed by atoms with Crippen LogP contribution in [-0.4, -0.2) is 15.4 Å². The largest absolute Gasteiger partial charge is 0.303 e. The van der Waals surface area contributed by atoms with Gasteiger partial charge in [-0.2, -0.15) is 0 Å². The third-order valence-electron chi connectivity index (χ3n) is 3.11. The first-order chi connectivity index (χ1) is 9.75. The summed E-state index contributed by atoms with van der Waals surface area (Å²) in [4.78, 5) is 4.42. The van der Waals surface area contributed by atoms with E-state index in [-0.39, 0.29) is 0 Å². The maximum atomic E-state index is 11.4. The van der Waals surface area contributed by atoms with Crippen molar-refractivity contribution in [2.75, 3.05) is 11.0 Å². The van der Waals surface area contributed by atoms with Gasteiger partial charge in [0.2, 0.25) is 0 Å². The molecule has 1 aromatic heterocycles. The van der Waals surface area contributed by atoms with Crippen LogP contribution in [0.4, 0.5) is 5.69 Å². The molecule has 4 heteroatoms. The van der Waals surface area contributed by atoms with Crippen molar-refractivity contribution in [3.8, 4) is 11.1 Å². The first-order valence-corrected chi connectivity index (χ1v) is 7.85. The van der Waals surface area contributed by atoms with Crippen LogP contribution in [0.3, 0.4) is 0 Å². The molecule has 3 nitrogen and oxygen atoms in total. The van der Waals surface area contributed by atoms with Crippen LogP contribution in [0.1, 0.15) is 0 Å². The second-order valence-electron chi connectivity index (χ2n) is 4.48. The summed E-state index contributed by atoms with van der Waals surface area (Å²) in [5.41, 5.74) is 3.90. The first kappa shape index (κ1) is 12.8. The molecular formula is C16H14N2OS. The number of pyridine rings is 1. The summed E-state index contributed by atoms with van der Waals surface area (Å²) < 4.78 is 14.3. The molecule has 0 aliphatic heterocycles. The number of nitrogens with zero attached hydrogens (tertiary/aromatic N) is 1. The molecule has 1 N–H and O–H groups in total. The Labute approximate surface area is 120 Å². The zero-order valence-electron chi connectivity index (χ0n) is 11.0. The van der Waals surface area contributed by atoms with Gasteiger partial charge in [-0.15, -0.1) is 0 Å². The average Bonchev–Trinajstić information content (AvgIpc) is 2.48.